The molecule has 0 saturated heterocycles. The summed E-state index contributed by atoms with van der Waals surface area (Å²) in [5.74, 6) is 1.32. The van der Waals surface area contributed by atoms with Crippen molar-refractivity contribution in [1.82, 2.24) is 9.62 Å². The lowest BCUT2D eigenvalue weighted by Gasteiger charge is -2.25. The van der Waals surface area contributed by atoms with Gasteiger partial charge in [0.05, 0.1) is 20.0 Å². The highest BCUT2D eigenvalue weighted by Gasteiger charge is 2.20. The predicted molar refractivity (Wildman–Crippen MR) is 108 cm³/mol. The van der Waals surface area contributed by atoms with Crippen LogP contribution in [0.25, 0.3) is 0 Å². The van der Waals surface area contributed by atoms with Crippen LogP contribution in [0.4, 0.5) is 0 Å². The van der Waals surface area contributed by atoms with Gasteiger partial charge in [-0.1, -0.05) is 36.4 Å². The molecule has 1 atom stereocenters. The largest absolute Gasteiger partial charge is 0.493 e. The fraction of sp³-hybridized carbons (Fsp3) is 0.400. The highest BCUT2D eigenvalue weighted by atomic mass is 32.2. The third-order valence-corrected chi connectivity index (χ3v) is 5.76. The number of rotatable bonds is 10. The lowest BCUT2D eigenvalue weighted by Crippen LogP contribution is -2.36. The molecular weight excluding hydrogens is 364 g/mol. The van der Waals surface area contributed by atoms with Crippen LogP contribution in [0.3, 0.4) is 0 Å². The van der Waals surface area contributed by atoms with Crippen LogP contribution in [0.15, 0.2) is 48.5 Å². The molecule has 1 unspecified atom stereocenters. The summed E-state index contributed by atoms with van der Waals surface area (Å²) in [6.45, 7) is 0.277. The zero-order chi connectivity index (χ0) is 19.9. The number of nitrogens with one attached hydrogen (secondary N) is 1. The van der Waals surface area contributed by atoms with Gasteiger partial charge in [-0.3, -0.25) is 0 Å². The number of methoxy groups -OCH3 is 2. The van der Waals surface area contributed by atoms with Crippen LogP contribution in [-0.4, -0.2) is 53.9 Å². The van der Waals surface area contributed by atoms with Gasteiger partial charge in [0, 0.05) is 12.6 Å². The quantitative estimate of drug-likeness (QED) is 0.673. The molecule has 27 heavy (non-hydrogen) atoms. The molecule has 0 bridgehead atoms. The van der Waals surface area contributed by atoms with Crippen LogP contribution >= 0.6 is 0 Å². The third kappa shape index (κ3) is 6.23. The van der Waals surface area contributed by atoms with Gasteiger partial charge in [0.1, 0.15) is 0 Å². The van der Waals surface area contributed by atoms with Crippen molar-refractivity contribution in [2.75, 3.05) is 40.6 Å². The third-order valence-electron chi connectivity index (χ3n) is 4.41. The maximum Gasteiger partial charge on any atom is 0.211 e. The van der Waals surface area contributed by atoms with E-state index in [1.54, 1.807) is 14.2 Å². The molecule has 0 aliphatic carbocycles. The van der Waals surface area contributed by atoms with Gasteiger partial charge in [-0.25, -0.2) is 13.1 Å². The molecule has 7 heteroatoms. The summed E-state index contributed by atoms with van der Waals surface area (Å²) in [4.78, 5) is 1.97. The summed E-state index contributed by atoms with van der Waals surface area (Å²) in [7, 11) is 3.62. The van der Waals surface area contributed by atoms with E-state index in [4.69, 9.17) is 9.47 Å². The lowest BCUT2D eigenvalue weighted by molar-refractivity contribution is 0.297. The normalized spacial score (nSPS) is 12.8. The van der Waals surface area contributed by atoms with Crippen molar-refractivity contribution in [2.45, 2.75) is 12.5 Å². The number of hydrogen-bond donors (Lipinski definition) is 1. The number of likely N-dealkylation sites (N-methyl/N-ethyl adjacent to an activating group) is 1. The minimum Gasteiger partial charge on any atom is -0.493 e. The molecule has 0 radical (unpaired) electrons. The molecule has 148 valence electrons. The molecule has 2 aromatic carbocycles. The van der Waals surface area contributed by atoms with Crippen molar-refractivity contribution >= 4 is 10.0 Å². The van der Waals surface area contributed by atoms with Crippen LogP contribution in [0.2, 0.25) is 0 Å². The molecule has 0 amide bonds. The second-order valence-electron chi connectivity index (χ2n) is 6.50. The van der Waals surface area contributed by atoms with Gasteiger partial charge in [-0.05, 0) is 43.8 Å². The van der Waals surface area contributed by atoms with Gasteiger partial charge in [0.2, 0.25) is 10.0 Å². The fourth-order valence-electron chi connectivity index (χ4n) is 2.83. The second-order valence-corrected chi connectivity index (χ2v) is 8.42. The maximum atomic E-state index is 12.4. The van der Waals surface area contributed by atoms with Gasteiger partial charge in [-0.15, -0.1) is 0 Å². The summed E-state index contributed by atoms with van der Waals surface area (Å²) in [6.07, 6.45) is 0.485. The first-order chi connectivity index (χ1) is 12.9. The Morgan fingerprint density at radius 1 is 1.00 bits per heavy atom. The topological polar surface area (TPSA) is 67.9 Å². The first-order valence-electron chi connectivity index (χ1n) is 8.76. The molecular formula is C20H28N2O4S. The predicted octanol–water partition coefficient (Wildman–Crippen LogP) is 2.47. The summed E-state index contributed by atoms with van der Waals surface area (Å²) in [6, 6.07) is 15.1. The van der Waals surface area contributed by atoms with Crippen LogP contribution in [0, 0.1) is 0 Å². The zero-order valence-corrected chi connectivity index (χ0v) is 17.1. The molecule has 6 nitrogen and oxygen atoms in total. The smallest absolute Gasteiger partial charge is 0.211 e. The average molecular weight is 393 g/mol. The highest BCUT2D eigenvalue weighted by Crippen LogP contribution is 2.31. The van der Waals surface area contributed by atoms with E-state index in [0.29, 0.717) is 17.9 Å². The highest BCUT2D eigenvalue weighted by molar-refractivity contribution is 7.89. The minimum absolute atomic E-state index is 0.0586. The van der Waals surface area contributed by atoms with E-state index in [1.807, 2.05) is 67.5 Å². The molecule has 1 N–H and O–H groups in total. The number of nitrogens with zero attached hydrogens (tertiary/aromatic N) is 1. The standard InChI is InChI=1S/C20H28N2O4S/c1-22(2)18(17-10-11-19(25-3)20(14-17)26-4)15-21-27(23,24)13-12-16-8-6-5-7-9-16/h5-11,14,18,21H,12-13,15H2,1-4H3. The van der Waals surface area contributed by atoms with E-state index >= 15 is 0 Å². The van der Waals surface area contributed by atoms with Gasteiger partial charge >= 0.3 is 0 Å². The summed E-state index contributed by atoms with van der Waals surface area (Å²) >= 11 is 0. The Bertz CT molecular complexity index is 823. The molecule has 2 rings (SSSR count). The molecule has 2 aromatic rings. The van der Waals surface area contributed by atoms with Crippen LogP contribution in [0.5, 0.6) is 11.5 Å². The molecule has 0 spiro atoms. The Morgan fingerprint density at radius 2 is 1.67 bits per heavy atom. The Morgan fingerprint density at radius 3 is 2.26 bits per heavy atom. The average Bonchev–Trinajstić information content (AvgIpc) is 2.67. The maximum absolute atomic E-state index is 12.4. The van der Waals surface area contributed by atoms with Crippen molar-refractivity contribution < 1.29 is 17.9 Å². The Hall–Kier alpha value is -2.09. The zero-order valence-electron chi connectivity index (χ0n) is 16.3. The number of hydrogen-bond acceptors (Lipinski definition) is 5. The number of aryl methyl sites for hydroxylation is 1. The van der Waals surface area contributed by atoms with Crippen molar-refractivity contribution in [2.24, 2.45) is 0 Å². The van der Waals surface area contributed by atoms with Gasteiger partial charge in [-0.2, -0.15) is 0 Å². The first-order valence-corrected chi connectivity index (χ1v) is 10.4. The Labute approximate surface area is 162 Å². The van der Waals surface area contributed by atoms with Crippen LogP contribution in [-0.2, 0) is 16.4 Å². The van der Waals surface area contributed by atoms with Gasteiger partial charge < -0.3 is 14.4 Å². The SMILES string of the molecule is COc1ccc(C(CNS(=O)(=O)CCc2ccccc2)N(C)C)cc1OC. The van der Waals surface area contributed by atoms with Crippen molar-refractivity contribution in [3.8, 4) is 11.5 Å². The first kappa shape index (κ1) is 21.2. The molecule has 0 aromatic heterocycles. The van der Waals surface area contributed by atoms with Gasteiger partial charge in [0.25, 0.3) is 0 Å². The number of benzene rings is 2. The monoisotopic (exact) mass is 392 g/mol. The fourth-order valence-corrected chi connectivity index (χ4v) is 3.89. The van der Waals surface area contributed by atoms with Crippen molar-refractivity contribution in [3.63, 3.8) is 0 Å². The lowest BCUT2D eigenvalue weighted by atomic mass is 10.1. The van der Waals surface area contributed by atoms with E-state index in [-0.39, 0.29) is 18.3 Å². The summed E-state index contributed by atoms with van der Waals surface area (Å²) in [5, 5.41) is 0. The molecule has 0 saturated carbocycles. The Balaban J connectivity index is 2.05. The van der Waals surface area contributed by atoms with E-state index in [2.05, 4.69) is 4.72 Å². The van der Waals surface area contributed by atoms with Crippen molar-refractivity contribution in [3.05, 3.63) is 59.7 Å². The van der Waals surface area contributed by atoms with E-state index in [1.165, 1.54) is 0 Å². The van der Waals surface area contributed by atoms with Crippen LogP contribution in [0.1, 0.15) is 17.2 Å². The van der Waals surface area contributed by atoms with E-state index in [9.17, 15) is 8.42 Å². The number of ether oxygens (including phenoxy) is 2. The van der Waals surface area contributed by atoms with E-state index in [0.717, 1.165) is 11.1 Å². The van der Waals surface area contributed by atoms with Gasteiger partial charge in [0.15, 0.2) is 11.5 Å². The van der Waals surface area contributed by atoms with E-state index < -0.39 is 10.0 Å². The molecule has 0 fully saturated rings. The molecule has 0 heterocycles. The van der Waals surface area contributed by atoms with Crippen molar-refractivity contribution in [1.29, 1.82) is 0 Å². The summed E-state index contributed by atoms with van der Waals surface area (Å²) in [5.41, 5.74) is 1.95. The summed E-state index contributed by atoms with van der Waals surface area (Å²) < 4.78 is 38.2. The number of sulfonamides is 1. The molecule has 0 aliphatic rings. The second kappa shape index (κ2) is 9.73. The van der Waals surface area contributed by atoms with Crippen LogP contribution < -0.4 is 14.2 Å². The Kier molecular flexibility index (Phi) is 7.65. The minimum atomic E-state index is -3.38. The molecule has 0 aliphatic heterocycles.